The first kappa shape index (κ1) is 23.4. The molecule has 2 aromatic rings. The predicted octanol–water partition coefficient (Wildman–Crippen LogP) is 0.791. The number of aromatic amines is 1. The van der Waals surface area contributed by atoms with E-state index < -0.39 is 5.41 Å². The van der Waals surface area contributed by atoms with Crippen molar-refractivity contribution in [3.8, 4) is 0 Å². The molecule has 4 heterocycles. The second-order valence-corrected chi connectivity index (χ2v) is 8.20. The lowest BCUT2D eigenvalue weighted by Gasteiger charge is -2.53. The minimum atomic E-state index is -0.540. The van der Waals surface area contributed by atoms with E-state index in [2.05, 4.69) is 25.2 Å². The highest BCUT2D eigenvalue weighted by Gasteiger charge is 2.53. The molecule has 2 aliphatic rings. The van der Waals surface area contributed by atoms with Gasteiger partial charge in [0, 0.05) is 44.4 Å². The maximum atomic E-state index is 13.4. The summed E-state index contributed by atoms with van der Waals surface area (Å²) in [7, 11) is 2.05. The number of carbonyl (C=O) groups is 3. The Kier molecular flexibility index (Phi) is 7.93. The molecule has 2 atom stereocenters. The SMILES string of the molecule is CN1CC[C@]2(C(=O)NCCc3cccnc3)CCCN(C(=O)c3ncc[nH]3)[C@H]2C1.O=CO. The maximum absolute atomic E-state index is 13.4. The van der Waals surface area contributed by atoms with Crippen LogP contribution in [0.3, 0.4) is 0 Å². The van der Waals surface area contributed by atoms with Gasteiger partial charge in [0.25, 0.3) is 12.4 Å². The zero-order valence-corrected chi connectivity index (χ0v) is 18.2. The topological polar surface area (TPSA) is 132 Å². The Balaban J connectivity index is 0.000000913. The molecular weight excluding hydrogens is 412 g/mol. The zero-order chi connectivity index (χ0) is 23.0. The van der Waals surface area contributed by atoms with E-state index in [1.165, 1.54) is 0 Å². The lowest BCUT2D eigenvalue weighted by atomic mass is 9.67. The van der Waals surface area contributed by atoms with E-state index in [-0.39, 0.29) is 24.3 Å². The van der Waals surface area contributed by atoms with E-state index in [0.717, 1.165) is 37.8 Å². The number of H-pyrrole nitrogens is 1. The number of carbonyl (C=O) groups excluding carboxylic acids is 2. The van der Waals surface area contributed by atoms with Gasteiger partial charge in [-0.1, -0.05) is 6.07 Å². The van der Waals surface area contributed by atoms with Crippen molar-refractivity contribution in [2.45, 2.75) is 31.7 Å². The van der Waals surface area contributed by atoms with Crippen LogP contribution in [-0.2, 0) is 16.0 Å². The predicted molar refractivity (Wildman–Crippen MR) is 117 cm³/mol. The van der Waals surface area contributed by atoms with Crippen LogP contribution in [-0.4, -0.2) is 87.4 Å². The van der Waals surface area contributed by atoms with Crippen LogP contribution in [0.15, 0.2) is 36.9 Å². The Morgan fingerprint density at radius 3 is 2.84 bits per heavy atom. The molecule has 0 radical (unpaired) electrons. The number of aromatic nitrogens is 3. The van der Waals surface area contributed by atoms with E-state index in [0.29, 0.717) is 25.5 Å². The summed E-state index contributed by atoms with van der Waals surface area (Å²) >= 11 is 0. The second kappa shape index (κ2) is 10.9. The number of piperidine rings is 2. The molecule has 0 saturated carbocycles. The molecule has 0 bridgehead atoms. The first-order chi connectivity index (χ1) is 15.5. The van der Waals surface area contributed by atoms with Crippen LogP contribution in [0.5, 0.6) is 0 Å². The first-order valence-corrected chi connectivity index (χ1v) is 10.8. The molecule has 2 aromatic heterocycles. The smallest absolute Gasteiger partial charge is 0.290 e. The van der Waals surface area contributed by atoms with Crippen molar-refractivity contribution in [3.05, 3.63) is 48.3 Å². The van der Waals surface area contributed by atoms with Crippen LogP contribution in [0.2, 0.25) is 0 Å². The molecule has 10 nitrogen and oxygen atoms in total. The third-order valence-electron chi connectivity index (χ3n) is 6.30. The molecular formula is C22H30N6O4. The molecule has 0 spiro atoms. The largest absolute Gasteiger partial charge is 0.483 e. The number of pyridine rings is 1. The molecule has 2 fully saturated rings. The molecule has 32 heavy (non-hydrogen) atoms. The van der Waals surface area contributed by atoms with Crippen molar-refractivity contribution in [3.63, 3.8) is 0 Å². The summed E-state index contributed by atoms with van der Waals surface area (Å²) in [5.74, 6) is 0.282. The number of imidazole rings is 1. The molecule has 0 unspecified atom stereocenters. The van der Waals surface area contributed by atoms with Gasteiger partial charge in [0.1, 0.15) is 0 Å². The lowest BCUT2D eigenvalue weighted by molar-refractivity contribution is -0.142. The van der Waals surface area contributed by atoms with Crippen molar-refractivity contribution >= 4 is 18.3 Å². The minimum Gasteiger partial charge on any atom is -0.483 e. The van der Waals surface area contributed by atoms with Gasteiger partial charge >= 0.3 is 0 Å². The van der Waals surface area contributed by atoms with Crippen LogP contribution in [0, 0.1) is 5.41 Å². The highest BCUT2D eigenvalue weighted by molar-refractivity contribution is 5.92. The molecule has 0 aromatic carbocycles. The van der Waals surface area contributed by atoms with Crippen molar-refractivity contribution in [1.29, 1.82) is 0 Å². The summed E-state index contributed by atoms with van der Waals surface area (Å²) in [4.78, 5) is 50.1. The number of hydrogen-bond donors (Lipinski definition) is 3. The van der Waals surface area contributed by atoms with Crippen molar-refractivity contribution in [2.24, 2.45) is 5.41 Å². The quantitative estimate of drug-likeness (QED) is 0.584. The third kappa shape index (κ3) is 5.13. The van der Waals surface area contributed by atoms with Crippen LogP contribution in [0.4, 0.5) is 0 Å². The van der Waals surface area contributed by atoms with Gasteiger partial charge in [0.05, 0.1) is 11.5 Å². The molecule has 2 saturated heterocycles. The van der Waals surface area contributed by atoms with Crippen LogP contribution in [0.1, 0.15) is 35.4 Å². The average Bonchev–Trinajstić information content (AvgIpc) is 3.34. The van der Waals surface area contributed by atoms with Gasteiger partial charge in [0.15, 0.2) is 5.82 Å². The third-order valence-corrected chi connectivity index (χ3v) is 6.30. The van der Waals surface area contributed by atoms with Crippen LogP contribution < -0.4 is 5.32 Å². The maximum Gasteiger partial charge on any atom is 0.290 e. The van der Waals surface area contributed by atoms with E-state index in [4.69, 9.17) is 9.90 Å². The highest BCUT2D eigenvalue weighted by atomic mass is 16.3. The Hall–Kier alpha value is -3.27. The van der Waals surface area contributed by atoms with Gasteiger partial charge < -0.3 is 25.2 Å². The number of rotatable bonds is 5. The molecule has 2 amide bonds. The number of amides is 2. The van der Waals surface area contributed by atoms with E-state index in [9.17, 15) is 9.59 Å². The van der Waals surface area contributed by atoms with Gasteiger partial charge in [-0.25, -0.2) is 4.98 Å². The number of nitrogens with one attached hydrogen (secondary N) is 2. The fourth-order valence-electron chi connectivity index (χ4n) is 4.71. The Morgan fingerprint density at radius 1 is 1.34 bits per heavy atom. The summed E-state index contributed by atoms with van der Waals surface area (Å²) in [6.07, 6.45) is 9.95. The van der Waals surface area contributed by atoms with Crippen molar-refractivity contribution in [2.75, 3.05) is 33.2 Å². The molecule has 4 rings (SSSR count). The fraction of sp³-hybridized carbons (Fsp3) is 0.500. The zero-order valence-electron chi connectivity index (χ0n) is 18.2. The second-order valence-electron chi connectivity index (χ2n) is 8.20. The Labute approximate surface area is 187 Å². The molecule has 3 N–H and O–H groups in total. The standard InChI is InChI=1S/C21H28N6O2.CH2O2/c1-26-13-7-21(20(29)25-9-5-16-4-2-8-22-14-16)6-3-12-27(17(21)15-26)19(28)18-23-10-11-24-18;2-1-3/h2,4,8,10-11,14,17H,3,5-7,9,12-13,15H2,1H3,(H,23,24)(H,25,29);1H,(H,2,3)/t17-,21+;/m0./s1. The number of carboxylic acid groups (broad SMARTS) is 1. The summed E-state index contributed by atoms with van der Waals surface area (Å²) in [6.45, 7) is 2.53. The molecule has 10 heteroatoms. The number of fused-ring (bicyclic) bond motifs is 1. The fourth-order valence-corrected chi connectivity index (χ4v) is 4.71. The monoisotopic (exact) mass is 442 g/mol. The van der Waals surface area contributed by atoms with Gasteiger partial charge in [-0.15, -0.1) is 0 Å². The summed E-state index contributed by atoms with van der Waals surface area (Å²) in [6, 6.07) is 3.77. The molecule has 172 valence electrons. The Morgan fingerprint density at radius 2 is 2.16 bits per heavy atom. The van der Waals surface area contributed by atoms with E-state index in [1.54, 1.807) is 18.6 Å². The number of likely N-dealkylation sites (tertiary alicyclic amines) is 2. The summed E-state index contributed by atoms with van der Waals surface area (Å²) < 4.78 is 0. The average molecular weight is 443 g/mol. The van der Waals surface area contributed by atoms with Gasteiger partial charge in [-0.3, -0.25) is 19.4 Å². The lowest BCUT2D eigenvalue weighted by Crippen LogP contribution is -2.66. The number of hydrogen-bond acceptors (Lipinski definition) is 6. The highest BCUT2D eigenvalue weighted by Crippen LogP contribution is 2.42. The molecule has 2 aliphatic heterocycles. The van der Waals surface area contributed by atoms with Crippen LogP contribution in [0.25, 0.3) is 0 Å². The summed E-state index contributed by atoms with van der Waals surface area (Å²) in [5, 5.41) is 10.0. The Bertz CT molecular complexity index is 891. The van der Waals surface area contributed by atoms with Gasteiger partial charge in [0.2, 0.25) is 5.91 Å². The van der Waals surface area contributed by atoms with Gasteiger partial charge in [-0.2, -0.15) is 0 Å². The molecule has 0 aliphatic carbocycles. The van der Waals surface area contributed by atoms with Crippen molar-refractivity contribution in [1.82, 2.24) is 30.1 Å². The first-order valence-electron chi connectivity index (χ1n) is 10.8. The van der Waals surface area contributed by atoms with E-state index in [1.807, 2.05) is 30.3 Å². The van der Waals surface area contributed by atoms with E-state index >= 15 is 0 Å². The van der Waals surface area contributed by atoms with Crippen LogP contribution >= 0.6 is 0 Å². The van der Waals surface area contributed by atoms with Gasteiger partial charge in [-0.05, 0) is 50.9 Å². The normalized spacial score (nSPS) is 22.8. The van der Waals surface area contributed by atoms with Crippen molar-refractivity contribution < 1.29 is 19.5 Å². The number of nitrogens with zero attached hydrogens (tertiary/aromatic N) is 4. The minimum absolute atomic E-state index is 0.0661. The number of likely N-dealkylation sites (N-methyl/N-ethyl adjacent to an activating group) is 1. The summed E-state index contributed by atoms with van der Waals surface area (Å²) in [5.41, 5.74) is 0.561.